The van der Waals surface area contributed by atoms with Crippen molar-refractivity contribution in [3.8, 4) is 0 Å². The van der Waals surface area contributed by atoms with Crippen molar-refractivity contribution < 1.29 is 14.3 Å². The van der Waals surface area contributed by atoms with Crippen LogP contribution in [0.15, 0.2) is 16.8 Å². The van der Waals surface area contributed by atoms with E-state index in [2.05, 4.69) is 10.6 Å². The highest BCUT2D eigenvalue weighted by molar-refractivity contribution is 7.08. The van der Waals surface area contributed by atoms with Gasteiger partial charge in [-0.15, -0.1) is 12.4 Å². The maximum Gasteiger partial charge on any atom is 0.253 e. The van der Waals surface area contributed by atoms with Gasteiger partial charge < -0.3 is 20.3 Å². The molecule has 2 aliphatic rings. The molecular formula is C15H22ClN3O3S. The highest BCUT2D eigenvalue weighted by Crippen LogP contribution is 2.14. The summed E-state index contributed by atoms with van der Waals surface area (Å²) in [6.07, 6.45) is 1.23. The molecule has 2 aliphatic heterocycles. The van der Waals surface area contributed by atoms with Gasteiger partial charge in [-0.2, -0.15) is 11.3 Å². The van der Waals surface area contributed by atoms with E-state index in [1.54, 1.807) is 0 Å². The van der Waals surface area contributed by atoms with E-state index >= 15 is 0 Å². The Morgan fingerprint density at radius 1 is 1.35 bits per heavy atom. The lowest BCUT2D eigenvalue weighted by Gasteiger charge is -2.35. The van der Waals surface area contributed by atoms with Crippen molar-refractivity contribution in [1.29, 1.82) is 0 Å². The van der Waals surface area contributed by atoms with Gasteiger partial charge in [0.1, 0.15) is 6.10 Å². The van der Waals surface area contributed by atoms with Crippen LogP contribution >= 0.6 is 23.7 Å². The van der Waals surface area contributed by atoms with Crippen LogP contribution in [0.3, 0.4) is 0 Å². The molecule has 0 aliphatic carbocycles. The standard InChI is InChI=1S/C15H21N3O3S.ClH/c19-14(11-3-8-22-10-11)17-12-1-5-18(6-2-12)15(20)13-9-16-4-7-21-13;/h3,8,10,12-13,16H,1-2,4-7,9H2,(H,17,19);1H. The number of ether oxygens (including phenoxy) is 1. The molecule has 2 saturated heterocycles. The van der Waals surface area contributed by atoms with Crippen molar-refractivity contribution in [1.82, 2.24) is 15.5 Å². The number of hydrogen-bond acceptors (Lipinski definition) is 5. The zero-order valence-corrected chi connectivity index (χ0v) is 14.5. The van der Waals surface area contributed by atoms with Crippen molar-refractivity contribution in [2.45, 2.75) is 25.0 Å². The van der Waals surface area contributed by atoms with E-state index in [9.17, 15) is 9.59 Å². The molecule has 1 unspecified atom stereocenters. The van der Waals surface area contributed by atoms with Gasteiger partial charge in [-0.1, -0.05) is 0 Å². The monoisotopic (exact) mass is 359 g/mol. The fourth-order valence-corrected chi connectivity index (χ4v) is 3.47. The largest absolute Gasteiger partial charge is 0.366 e. The summed E-state index contributed by atoms with van der Waals surface area (Å²) in [5, 5.41) is 9.97. The molecule has 3 rings (SSSR count). The summed E-state index contributed by atoms with van der Waals surface area (Å²) in [6, 6.07) is 1.97. The SMILES string of the molecule is Cl.O=C(NC1CCN(C(=O)C2CNCCO2)CC1)c1ccsc1. The fourth-order valence-electron chi connectivity index (χ4n) is 2.83. The third kappa shape index (κ3) is 4.67. The zero-order chi connectivity index (χ0) is 15.4. The van der Waals surface area contributed by atoms with Gasteiger partial charge in [-0.3, -0.25) is 9.59 Å². The molecule has 8 heteroatoms. The molecule has 3 heterocycles. The van der Waals surface area contributed by atoms with E-state index in [0.29, 0.717) is 31.8 Å². The summed E-state index contributed by atoms with van der Waals surface area (Å²) in [5.74, 6) is 0.0423. The van der Waals surface area contributed by atoms with Crippen LogP contribution in [0.2, 0.25) is 0 Å². The molecule has 1 aromatic heterocycles. The van der Waals surface area contributed by atoms with Crippen molar-refractivity contribution in [3.63, 3.8) is 0 Å². The summed E-state index contributed by atoms with van der Waals surface area (Å²) < 4.78 is 5.51. The Morgan fingerprint density at radius 3 is 2.74 bits per heavy atom. The number of nitrogens with one attached hydrogen (secondary N) is 2. The van der Waals surface area contributed by atoms with Gasteiger partial charge in [0.15, 0.2) is 0 Å². The fraction of sp³-hybridized carbons (Fsp3) is 0.600. The minimum atomic E-state index is -0.356. The number of carbonyl (C=O) groups is 2. The topological polar surface area (TPSA) is 70.7 Å². The maximum absolute atomic E-state index is 12.3. The summed E-state index contributed by atoms with van der Waals surface area (Å²) >= 11 is 1.52. The molecule has 23 heavy (non-hydrogen) atoms. The normalized spacial score (nSPS) is 22.3. The summed E-state index contributed by atoms with van der Waals surface area (Å²) in [5.41, 5.74) is 0.713. The summed E-state index contributed by atoms with van der Waals surface area (Å²) in [7, 11) is 0. The van der Waals surface area contributed by atoms with Crippen molar-refractivity contribution in [2.24, 2.45) is 0 Å². The van der Waals surface area contributed by atoms with E-state index in [1.807, 2.05) is 21.7 Å². The minimum Gasteiger partial charge on any atom is -0.366 e. The molecule has 0 spiro atoms. The first kappa shape index (κ1) is 18.2. The first-order valence-electron chi connectivity index (χ1n) is 7.68. The Balaban J connectivity index is 0.00000192. The number of amides is 2. The Kier molecular flexibility index (Phi) is 6.83. The predicted molar refractivity (Wildman–Crippen MR) is 91.2 cm³/mol. The summed E-state index contributed by atoms with van der Waals surface area (Å²) in [6.45, 7) is 3.33. The van der Waals surface area contributed by atoms with Crippen LogP contribution in [0, 0.1) is 0 Å². The molecule has 128 valence electrons. The van der Waals surface area contributed by atoms with Crippen molar-refractivity contribution in [2.75, 3.05) is 32.8 Å². The number of hydrogen-bond donors (Lipinski definition) is 2. The van der Waals surface area contributed by atoms with Crippen LogP contribution in [0.5, 0.6) is 0 Å². The number of halogens is 1. The maximum atomic E-state index is 12.3. The minimum absolute atomic E-state index is 0. The summed E-state index contributed by atoms with van der Waals surface area (Å²) in [4.78, 5) is 26.2. The van der Waals surface area contributed by atoms with Gasteiger partial charge in [0.05, 0.1) is 6.61 Å². The zero-order valence-electron chi connectivity index (χ0n) is 12.8. The molecule has 2 amide bonds. The number of thiophene rings is 1. The van der Waals surface area contributed by atoms with Crippen LogP contribution in [0.1, 0.15) is 23.2 Å². The third-order valence-electron chi connectivity index (χ3n) is 4.13. The number of rotatable bonds is 3. The highest BCUT2D eigenvalue weighted by atomic mass is 35.5. The molecule has 1 atom stereocenters. The van der Waals surface area contributed by atoms with E-state index in [0.717, 1.165) is 19.4 Å². The number of nitrogens with zero attached hydrogens (tertiary/aromatic N) is 1. The molecule has 0 bridgehead atoms. The molecule has 0 radical (unpaired) electrons. The van der Waals surface area contributed by atoms with Crippen molar-refractivity contribution >= 4 is 35.6 Å². The lowest BCUT2D eigenvalue weighted by Crippen LogP contribution is -2.53. The average molecular weight is 360 g/mol. The van der Waals surface area contributed by atoms with E-state index in [1.165, 1.54) is 11.3 Å². The van der Waals surface area contributed by atoms with Gasteiger partial charge >= 0.3 is 0 Å². The number of morpholine rings is 1. The Hall–Kier alpha value is -1.15. The predicted octanol–water partition coefficient (Wildman–Crippen LogP) is 0.879. The number of piperidine rings is 1. The van der Waals surface area contributed by atoms with Crippen molar-refractivity contribution in [3.05, 3.63) is 22.4 Å². The third-order valence-corrected chi connectivity index (χ3v) is 4.81. The van der Waals surface area contributed by atoms with E-state index in [-0.39, 0.29) is 36.4 Å². The second-order valence-corrected chi connectivity index (χ2v) is 6.43. The molecule has 0 saturated carbocycles. The van der Waals surface area contributed by atoms with Crippen LogP contribution in [0.25, 0.3) is 0 Å². The Morgan fingerprint density at radius 2 is 2.13 bits per heavy atom. The van der Waals surface area contributed by atoms with Gasteiger partial charge in [-0.05, 0) is 24.3 Å². The van der Waals surface area contributed by atoms with Crippen LogP contribution in [0.4, 0.5) is 0 Å². The van der Waals surface area contributed by atoms with Crippen LogP contribution in [-0.2, 0) is 9.53 Å². The number of likely N-dealkylation sites (tertiary alicyclic amines) is 1. The highest BCUT2D eigenvalue weighted by Gasteiger charge is 2.30. The first-order chi connectivity index (χ1) is 10.7. The lowest BCUT2D eigenvalue weighted by molar-refractivity contribution is -0.146. The molecule has 6 nitrogen and oxygen atoms in total. The van der Waals surface area contributed by atoms with Crippen LogP contribution in [-0.4, -0.2) is 61.6 Å². The molecule has 2 fully saturated rings. The van der Waals surface area contributed by atoms with Gasteiger partial charge in [0.25, 0.3) is 11.8 Å². The van der Waals surface area contributed by atoms with Gasteiger partial charge in [0, 0.05) is 43.2 Å². The Bertz CT molecular complexity index is 512. The first-order valence-corrected chi connectivity index (χ1v) is 8.62. The smallest absolute Gasteiger partial charge is 0.253 e. The van der Waals surface area contributed by atoms with Gasteiger partial charge in [0.2, 0.25) is 0 Å². The molecule has 1 aromatic rings. The van der Waals surface area contributed by atoms with Gasteiger partial charge in [-0.25, -0.2) is 0 Å². The quantitative estimate of drug-likeness (QED) is 0.840. The van der Waals surface area contributed by atoms with Crippen LogP contribution < -0.4 is 10.6 Å². The molecule has 0 aromatic carbocycles. The number of carbonyl (C=O) groups excluding carboxylic acids is 2. The molecule has 2 N–H and O–H groups in total. The Labute approximate surface area is 146 Å². The van der Waals surface area contributed by atoms with E-state index < -0.39 is 0 Å². The second kappa shape index (κ2) is 8.63. The second-order valence-electron chi connectivity index (χ2n) is 5.65. The lowest BCUT2D eigenvalue weighted by atomic mass is 10.0. The average Bonchev–Trinajstić information content (AvgIpc) is 3.10. The van der Waals surface area contributed by atoms with E-state index in [4.69, 9.17) is 4.74 Å². The molecular weight excluding hydrogens is 338 g/mol.